The van der Waals surface area contributed by atoms with Crippen LogP contribution in [-0.4, -0.2) is 67.7 Å². The molecule has 1 aliphatic carbocycles. The maximum absolute atomic E-state index is 12.1. The molecule has 1 saturated carbocycles. The zero-order valence-electron chi connectivity index (χ0n) is 11.3. The first-order valence-electron chi connectivity index (χ1n) is 6.99. The van der Waals surface area contributed by atoms with Crippen LogP contribution in [0.25, 0.3) is 0 Å². The highest BCUT2D eigenvalue weighted by atomic mass is 16.5. The molecule has 1 amide bonds. The lowest BCUT2D eigenvalue weighted by Gasteiger charge is -2.36. The Morgan fingerprint density at radius 1 is 1.33 bits per heavy atom. The minimum Gasteiger partial charge on any atom is -0.385 e. The van der Waals surface area contributed by atoms with Gasteiger partial charge in [0, 0.05) is 45.9 Å². The number of amides is 1. The lowest BCUT2D eigenvalue weighted by molar-refractivity contribution is -0.134. The molecule has 1 atom stereocenters. The van der Waals surface area contributed by atoms with Crippen LogP contribution in [0.15, 0.2) is 0 Å². The summed E-state index contributed by atoms with van der Waals surface area (Å²) in [6.45, 7) is 4.39. The van der Waals surface area contributed by atoms with E-state index >= 15 is 0 Å². The van der Waals surface area contributed by atoms with E-state index in [0.717, 1.165) is 45.1 Å². The van der Waals surface area contributed by atoms with Gasteiger partial charge in [0.1, 0.15) is 0 Å². The lowest BCUT2D eigenvalue weighted by atomic mass is 10.1. The number of piperazine rings is 1. The van der Waals surface area contributed by atoms with Crippen molar-refractivity contribution in [3.8, 4) is 0 Å². The van der Waals surface area contributed by atoms with Gasteiger partial charge in [-0.25, -0.2) is 0 Å². The molecule has 0 radical (unpaired) electrons. The molecular weight excluding hydrogens is 230 g/mol. The molecule has 104 valence electrons. The molecule has 2 N–H and O–H groups in total. The number of carbonyl (C=O) groups is 1. The summed E-state index contributed by atoms with van der Waals surface area (Å²) in [4.78, 5) is 16.6. The van der Waals surface area contributed by atoms with Crippen LogP contribution in [-0.2, 0) is 9.53 Å². The van der Waals surface area contributed by atoms with E-state index in [1.165, 1.54) is 12.8 Å². The fourth-order valence-corrected chi connectivity index (χ4v) is 2.55. The molecule has 5 heteroatoms. The van der Waals surface area contributed by atoms with Crippen LogP contribution in [0, 0.1) is 0 Å². The number of hydrogen-bond donors (Lipinski definition) is 1. The molecule has 0 aromatic carbocycles. The molecule has 18 heavy (non-hydrogen) atoms. The summed E-state index contributed by atoms with van der Waals surface area (Å²) in [5, 5.41) is 0. The Kier molecular flexibility index (Phi) is 4.97. The molecule has 0 aromatic heterocycles. The second kappa shape index (κ2) is 6.50. The highest BCUT2D eigenvalue weighted by molar-refractivity contribution is 5.81. The van der Waals surface area contributed by atoms with Gasteiger partial charge in [0.05, 0.1) is 6.04 Å². The molecule has 1 unspecified atom stereocenters. The average Bonchev–Trinajstić information content (AvgIpc) is 3.22. The van der Waals surface area contributed by atoms with E-state index in [1.807, 2.05) is 4.90 Å². The van der Waals surface area contributed by atoms with Crippen molar-refractivity contribution in [2.45, 2.75) is 37.8 Å². The molecule has 1 heterocycles. The van der Waals surface area contributed by atoms with Gasteiger partial charge in [-0.1, -0.05) is 0 Å². The fraction of sp³-hybridized carbons (Fsp3) is 0.923. The normalized spacial score (nSPS) is 23.1. The fourth-order valence-electron chi connectivity index (χ4n) is 2.55. The van der Waals surface area contributed by atoms with Crippen LogP contribution in [0.4, 0.5) is 0 Å². The molecule has 0 spiro atoms. The number of nitrogens with zero attached hydrogens (tertiary/aromatic N) is 2. The average molecular weight is 255 g/mol. The number of ether oxygens (including phenoxy) is 1. The second-order valence-corrected chi connectivity index (χ2v) is 5.33. The van der Waals surface area contributed by atoms with Crippen LogP contribution < -0.4 is 5.73 Å². The second-order valence-electron chi connectivity index (χ2n) is 5.33. The molecule has 1 aliphatic heterocycles. The summed E-state index contributed by atoms with van der Waals surface area (Å²) < 4.78 is 4.98. The molecule has 5 nitrogen and oxygen atoms in total. The number of rotatable bonds is 6. The Morgan fingerprint density at radius 2 is 2.00 bits per heavy atom. The van der Waals surface area contributed by atoms with Gasteiger partial charge in [-0.05, 0) is 25.7 Å². The van der Waals surface area contributed by atoms with Crippen molar-refractivity contribution in [3.63, 3.8) is 0 Å². The first-order valence-corrected chi connectivity index (χ1v) is 6.99. The van der Waals surface area contributed by atoms with E-state index in [2.05, 4.69) is 4.90 Å². The van der Waals surface area contributed by atoms with Gasteiger partial charge >= 0.3 is 0 Å². The number of carbonyl (C=O) groups excluding carboxylic acids is 1. The third kappa shape index (κ3) is 3.67. The topological polar surface area (TPSA) is 58.8 Å². The summed E-state index contributed by atoms with van der Waals surface area (Å²) >= 11 is 0. The maximum Gasteiger partial charge on any atom is 0.239 e. The van der Waals surface area contributed by atoms with Gasteiger partial charge in [-0.3, -0.25) is 9.69 Å². The Bertz CT molecular complexity index is 273. The Labute approximate surface area is 109 Å². The standard InChI is InChI=1S/C13H25N3O2/c1-18-10-2-3-12(14)13(17)16-8-6-15(7-9-16)11-4-5-11/h11-12H,2-10,14H2,1H3. The van der Waals surface area contributed by atoms with E-state index in [4.69, 9.17) is 10.5 Å². The highest BCUT2D eigenvalue weighted by Crippen LogP contribution is 2.27. The number of nitrogens with two attached hydrogens (primary N) is 1. The van der Waals surface area contributed by atoms with E-state index in [0.29, 0.717) is 6.61 Å². The number of methoxy groups -OCH3 is 1. The van der Waals surface area contributed by atoms with Crippen LogP contribution in [0.1, 0.15) is 25.7 Å². The molecule has 0 bridgehead atoms. The largest absolute Gasteiger partial charge is 0.385 e. The van der Waals surface area contributed by atoms with Gasteiger partial charge in [0.25, 0.3) is 0 Å². The van der Waals surface area contributed by atoms with Gasteiger partial charge in [0.15, 0.2) is 0 Å². The SMILES string of the molecule is COCCCC(N)C(=O)N1CCN(C2CC2)CC1. The van der Waals surface area contributed by atoms with E-state index in [-0.39, 0.29) is 11.9 Å². The quantitative estimate of drug-likeness (QED) is 0.681. The monoisotopic (exact) mass is 255 g/mol. The van der Waals surface area contributed by atoms with Gasteiger partial charge < -0.3 is 15.4 Å². The molecule has 1 saturated heterocycles. The minimum atomic E-state index is -0.354. The zero-order chi connectivity index (χ0) is 13.0. The lowest BCUT2D eigenvalue weighted by Crippen LogP contribution is -2.53. The van der Waals surface area contributed by atoms with Crippen LogP contribution in [0.5, 0.6) is 0 Å². The predicted molar refractivity (Wildman–Crippen MR) is 70.3 cm³/mol. The smallest absolute Gasteiger partial charge is 0.239 e. The summed E-state index contributed by atoms with van der Waals surface area (Å²) in [5.74, 6) is 0.113. The molecule has 2 fully saturated rings. The molecule has 2 aliphatic rings. The number of hydrogen-bond acceptors (Lipinski definition) is 4. The van der Waals surface area contributed by atoms with Crippen LogP contribution in [0.3, 0.4) is 0 Å². The predicted octanol–water partition coefficient (Wildman–Crippen LogP) is 0.0469. The van der Waals surface area contributed by atoms with Crippen LogP contribution >= 0.6 is 0 Å². The van der Waals surface area contributed by atoms with Crippen molar-refractivity contribution in [3.05, 3.63) is 0 Å². The van der Waals surface area contributed by atoms with E-state index in [1.54, 1.807) is 7.11 Å². The first kappa shape index (κ1) is 13.8. The third-order valence-corrected chi connectivity index (χ3v) is 3.87. The zero-order valence-corrected chi connectivity index (χ0v) is 11.3. The van der Waals surface area contributed by atoms with Crippen LogP contribution in [0.2, 0.25) is 0 Å². The van der Waals surface area contributed by atoms with Crippen molar-refractivity contribution in [2.75, 3.05) is 39.9 Å². The van der Waals surface area contributed by atoms with E-state index in [9.17, 15) is 4.79 Å². The van der Waals surface area contributed by atoms with E-state index < -0.39 is 0 Å². The summed E-state index contributed by atoms with van der Waals surface area (Å²) in [5.41, 5.74) is 5.94. The van der Waals surface area contributed by atoms with Crippen molar-refractivity contribution >= 4 is 5.91 Å². The Balaban J connectivity index is 1.68. The maximum atomic E-state index is 12.1. The van der Waals surface area contributed by atoms with Gasteiger partial charge in [-0.15, -0.1) is 0 Å². The Morgan fingerprint density at radius 3 is 2.56 bits per heavy atom. The third-order valence-electron chi connectivity index (χ3n) is 3.87. The molecule has 0 aromatic rings. The van der Waals surface area contributed by atoms with Crippen molar-refractivity contribution < 1.29 is 9.53 Å². The summed E-state index contributed by atoms with van der Waals surface area (Å²) in [6, 6.07) is 0.449. The van der Waals surface area contributed by atoms with Gasteiger partial charge in [-0.2, -0.15) is 0 Å². The summed E-state index contributed by atoms with van der Waals surface area (Å²) in [6.07, 6.45) is 4.25. The van der Waals surface area contributed by atoms with Crippen molar-refractivity contribution in [1.82, 2.24) is 9.80 Å². The van der Waals surface area contributed by atoms with Crippen molar-refractivity contribution in [1.29, 1.82) is 0 Å². The Hall–Kier alpha value is -0.650. The summed E-state index contributed by atoms with van der Waals surface area (Å²) in [7, 11) is 1.67. The minimum absolute atomic E-state index is 0.113. The van der Waals surface area contributed by atoms with Gasteiger partial charge in [0.2, 0.25) is 5.91 Å². The first-order chi connectivity index (χ1) is 8.72. The molecule has 2 rings (SSSR count). The van der Waals surface area contributed by atoms with Crippen molar-refractivity contribution in [2.24, 2.45) is 5.73 Å². The molecular formula is C13H25N3O2. The highest BCUT2D eigenvalue weighted by Gasteiger charge is 2.33.